The van der Waals surface area contributed by atoms with Crippen LogP contribution in [0.4, 0.5) is 28.9 Å². The molecule has 1 saturated carbocycles. The third-order valence-corrected chi connectivity index (χ3v) is 7.49. The van der Waals surface area contributed by atoms with E-state index in [9.17, 15) is 18.0 Å². The molecule has 38 heavy (non-hydrogen) atoms. The molecule has 2 heterocycles. The number of aromatic nitrogens is 1. The van der Waals surface area contributed by atoms with E-state index in [0.717, 1.165) is 43.1 Å². The van der Waals surface area contributed by atoms with Gasteiger partial charge >= 0.3 is 6.18 Å². The highest BCUT2D eigenvalue weighted by molar-refractivity contribution is 7.79. The van der Waals surface area contributed by atoms with Gasteiger partial charge in [-0.2, -0.15) is 18.4 Å². The number of likely N-dealkylation sites (tertiary alicyclic amines) is 1. The molecule has 2 fully saturated rings. The van der Waals surface area contributed by atoms with Crippen LogP contribution in [0.1, 0.15) is 43.4 Å². The van der Waals surface area contributed by atoms with Gasteiger partial charge in [0.05, 0.1) is 22.9 Å². The number of anilines is 2. The molecule has 202 valence electrons. The van der Waals surface area contributed by atoms with E-state index in [1.165, 1.54) is 35.6 Å². The SMILES string of the molecule is CN1CCC(Oc2ccc(N(C=S)C3(C(=O)N(C)c4cnc(C#N)c(C(F)(F)F)c4)CCC3)cc2F)CC1. The first-order chi connectivity index (χ1) is 18.0. The number of hydrogen-bond acceptors (Lipinski definition) is 6. The van der Waals surface area contributed by atoms with E-state index < -0.39 is 34.7 Å². The quantitative estimate of drug-likeness (QED) is 0.358. The number of alkyl halides is 3. The van der Waals surface area contributed by atoms with Crippen LogP contribution in [0.2, 0.25) is 0 Å². The van der Waals surface area contributed by atoms with Crippen LogP contribution in [-0.4, -0.2) is 60.1 Å². The molecule has 2 aliphatic rings. The van der Waals surface area contributed by atoms with Crippen LogP contribution in [0.25, 0.3) is 0 Å². The topological polar surface area (TPSA) is 72.7 Å². The van der Waals surface area contributed by atoms with Gasteiger partial charge < -0.3 is 19.4 Å². The summed E-state index contributed by atoms with van der Waals surface area (Å²) < 4.78 is 61.4. The van der Waals surface area contributed by atoms with Gasteiger partial charge in [0.1, 0.15) is 17.7 Å². The smallest absolute Gasteiger partial charge is 0.419 e. The highest BCUT2D eigenvalue weighted by Gasteiger charge is 2.51. The van der Waals surface area contributed by atoms with Crippen LogP contribution in [0.15, 0.2) is 30.5 Å². The molecule has 0 radical (unpaired) electrons. The minimum atomic E-state index is -4.82. The van der Waals surface area contributed by atoms with Crippen LogP contribution in [-0.2, 0) is 11.0 Å². The van der Waals surface area contributed by atoms with Crippen LogP contribution in [0.5, 0.6) is 5.75 Å². The minimum Gasteiger partial charge on any atom is -0.487 e. The summed E-state index contributed by atoms with van der Waals surface area (Å²) >= 11 is 5.22. The van der Waals surface area contributed by atoms with Crippen molar-refractivity contribution in [3.8, 4) is 11.8 Å². The number of carbonyl (C=O) groups excluding carboxylic acids is 1. The molecule has 1 amide bonds. The van der Waals surface area contributed by atoms with Crippen molar-refractivity contribution < 1.29 is 27.1 Å². The Kier molecular flexibility index (Phi) is 7.90. The van der Waals surface area contributed by atoms with Gasteiger partial charge in [-0.1, -0.05) is 12.2 Å². The molecular weight excluding hydrogens is 522 g/mol. The summed E-state index contributed by atoms with van der Waals surface area (Å²) in [6, 6.07) is 6.54. The first-order valence-corrected chi connectivity index (χ1v) is 12.6. The maximum absolute atomic E-state index is 15.1. The fraction of sp³-hybridized carbons (Fsp3) is 0.462. The molecule has 1 aromatic heterocycles. The lowest BCUT2D eigenvalue weighted by atomic mass is 9.74. The lowest BCUT2D eigenvalue weighted by Crippen LogP contribution is -2.63. The van der Waals surface area contributed by atoms with Gasteiger partial charge in [0.2, 0.25) is 0 Å². The molecule has 7 nitrogen and oxygen atoms in total. The molecule has 0 spiro atoms. The number of nitrogens with zero attached hydrogens (tertiary/aromatic N) is 5. The largest absolute Gasteiger partial charge is 0.487 e. The van der Waals surface area contributed by atoms with Gasteiger partial charge in [-0.3, -0.25) is 4.79 Å². The van der Waals surface area contributed by atoms with E-state index >= 15 is 4.39 Å². The zero-order valence-electron chi connectivity index (χ0n) is 21.0. The Labute approximate surface area is 223 Å². The van der Waals surface area contributed by atoms with Gasteiger partial charge in [0.25, 0.3) is 5.91 Å². The zero-order chi connectivity index (χ0) is 27.7. The number of piperidine rings is 1. The maximum Gasteiger partial charge on any atom is 0.419 e. The first-order valence-electron chi connectivity index (χ1n) is 12.1. The lowest BCUT2D eigenvalue weighted by molar-refractivity contribution is -0.138. The predicted molar refractivity (Wildman–Crippen MR) is 138 cm³/mol. The Balaban J connectivity index is 1.59. The Hall–Kier alpha value is -3.30. The molecule has 0 N–H and O–H groups in total. The van der Waals surface area contributed by atoms with Crippen molar-refractivity contribution in [2.45, 2.75) is 49.9 Å². The van der Waals surface area contributed by atoms with E-state index in [0.29, 0.717) is 24.9 Å². The van der Waals surface area contributed by atoms with E-state index in [1.54, 1.807) is 6.07 Å². The maximum atomic E-state index is 15.1. The standard InChI is InChI=1S/C26H27F4N5O2S/c1-33-10-6-19(7-11-33)37-23-5-4-17(13-21(23)27)35(16-38)25(8-3-9-25)24(36)34(2)18-12-20(26(28,29)30)22(14-31)32-15-18/h4-5,12-13,15-16,19H,3,6-11H2,1-2H3. The Bertz CT molecular complexity index is 1250. The second-order valence-corrected chi connectivity index (χ2v) is 9.87. The van der Waals surface area contributed by atoms with Crippen molar-refractivity contribution in [2.75, 3.05) is 37.0 Å². The Morgan fingerprint density at radius 2 is 1.95 bits per heavy atom. The van der Waals surface area contributed by atoms with E-state index in [2.05, 4.69) is 9.88 Å². The molecule has 1 aliphatic carbocycles. The van der Waals surface area contributed by atoms with Crippen molar-refractivity contribution in [3.05, 3.63) is 47.5 Å². The summed E-state index contributed by atoms with van der Waals surface area (Å²) in [5.41, 5.74) is -1.73. The minimum absolute atomic E-state index is 0.0935. The molecule has 0 atom stereocenters. The Morgan fingerprint density at radius 3 is 2.47 bits per heavy atom. The van der Waals surface area contributed by atoms with Crippen molar-refractivity contribution in [1.29, 1.82) is 5.26 Å². The number of carbonyl (C=O) groups is 1. The average Bonchev–Trinajstić information content (AvgIpc) is 2.87. The summed E-state index contributed by atoms with van der Waals surface area (Å²) in [7, 11) is 3.36. The molecule has 12 heteroatoms. The van der Waals surface area contributed by atoms with Gasteiger partial charge in [0.15, 0.2) is 17.3 Å². The van der Waals surface area contributed by atoms with Crippen molar-refractivity contribution in [3.63, 3.8) is 0 Å². The summed E-state index contributed by atoms with van der Waals surface area (Å²) in [4.78, 5) is 22.1. The third-order valence-electron chi connectivity index (χ3n) is 7.27. The van der Waals surface area contributed by atoms with Crippen LogP contribution < -0.4 is 14.5 Å². The fourth-order valence-corrected chi connectivity index (χ4v) is 5.19. The lowest BCUT2D eigenvalue weighted by Gasteiger charge is -2.49. The zero-order valence-corrected chi connectivity index (χ0v) is 21.8. The van der Waals surface area contributed by atoms with E-state index in [-0.39, 0.29) is 17.5 Å². The number of nitriles is 1. The number of halogens is 4. The summed E-state index contributed by atoms with van der Waals surface area (Å²) in [5, 5.41) is 9.02. The van der Waals surface area contributed by atoms with E-state index in [4.69, 9.17) is 22.2 Å². The van der Waals surface area contributed by atoms with Crippen LogP contribution in [0.3, 0.4) is 0 Å². The summed E-state index contributed by atoms with van der Waals surface area (Å²) in [5.74, 6) is -0.997. The van der Waals surface area contributed by atoms with Gasteiger partial charge in [-0.25, -0.2) is 9.37 Å². The number of benzene rings is 1. The van der Waals surface area contributed by atoms with Crippen LogP contribution >= 0.6 is 12.2 Å². The molecule has 0 unspecified atom stereocenters. The van der Waals surface area contributed by atoms with Crippen LogP contribution in [0, 0.1) is 17.1 Å². The van der Waals surface area contributed by atoms with E-state index in [1.807, 2.05) is 7.05 Å². The van der Waals surface area contributed by atoms with Gasteiger partial charge in [-0.05, 0) is 57.4 Å². The molecular formula is C26H27F4N5O2S. The number of likely N-dealkylation sites (N-methyl/N-ethyl adjacent to an activating group) is 1. The number of thiocarbonyl (C=S) groups is 1. The summed E-state index contributed by atoms with van der Waals surface area (Å²) in [6.45, 7) is 1.72. The molecule has 1 aromatic carbocycles. The first kappa shape index (κ1) is 27.7. The summed E-state index contributed by atoms with van der Waals surface area (Å²) in [6.07, 6.45) is -0.872. The fourth-order valence-electron chi connectivity index (χ4n) is 4.87. The van der Waals surface area contributed by atoms with Crippen molar-refractivity contribution >= 4 is 35.0 Å². The monoisotopic (exact) mass is 549 g/mol. The second-order valence-electron chi connectivity index (χ2n) is 9.66. The van der Waals surface area contributed by atoms with Crippen molar-refractivity contribution in [2.24, 2.45) is 0 Å². The number of hydrogen-bond donors (Lipinski definition) is 0. The predicted octanol–water partition coefficient (Wildman–Crippen LogP) is 4.93. The normalized spacial score (nSPS) is 17.7. The molecule has 1 saturated heterocycles. The average molecular weight is 550 g/mol. The molecule has 4 rings (SSSR count). The highest BCUT2D eigenvalue weighted by atomic mass is 32.1. The number of rotatable bonds is 7. The molecule has 1 aliphatic heterocycles. The number of pyridine rings is 1. The highest BCUT2D eigenvalue weighted by Crippen LogP contribution is 2.43. The molecule has 0 bridgehead atoms. The molecule has 2 aromatic rings. The number of ether oxygens (including phenoxy) is 1. The second kappa shape index (κ2) is 10.8. The van der Waals surface area contributed by atoms with Gasteiger partial charge in [-0.15, -0.1) is 0 Å². The van der Waals surface area contributed by atoms with Crippen molar-refractivity contribution in [1.82, 2.24) is 9.88 Å². The third kappa shape index (κ3) is 5.31. The van der Waals surface area contributed by atoms with Gasteiger partial charge in [0, 0.05) is 31.9 Å². The Morgan fingerprint density at radius 1 is 1.26 bits per heavy atom. The number of amides is 1.